The summed E-state index contributed by atoms with van der Waals surface area (Å²) in [6, 6.07) is 3.10. The Hall–Kier alpha value is -1.75. The Kier molecular flexibility index (Phi) is 3.06. The molecule has 1 N–H and O–H groups in total. The second-order valence-corrected chi connectivity index (χ2v) is 5.05. The van der Waals surface area contributed by atoms with Gasteiger partial charge in [0, 0.05) is 6.54 Å². The average Bonchev–Trinajstić information content (AvgIpc) is 2.44. The van der Waals surface area contributed by atoms with E-state index in [-0.39, 0.29) is 17.1 Å². The van der Waals surface area contributed by atoms with Crippen LogP contribution in [0.2, 0.25) is 0 Å². The quantitative estimate of drug-likeness (QED) is 0.851. The molecule has 1 aromatic heterocycles. The molecule has 1 unspecified atom stereocenters. The van der Waals surface area contributed by atoms with E-state index in [1.165, 1.54) is 12.4 Å². The SMILES string of the molecule is Cc1ccc(F)c2ncn(C3CCCNC3)c(=O)c12. The van der Waals surface area contributed by atoms with E-state index in [1.54, 1.807) is 10.6 Å². The van der Waals surface area contributed by atoms with Crippen LogP contribution in [0.15, 0.2) is 23.3 Å². The number of aryl methyl sites for hydroxylation is 1. The van der Waals surface area contributed by atoms with Crippen molar-refractivity contribution in [3.05, 3.63) is 40.2 Å². The van der Waals surface area contributed by atoms with Gasteiger partial charge in [0.15, 0.2) is 0 Å². The average molecular weight is 261 g/mol. The fourth-order valence-corrected chi connectivity index (χ4v) is 2.70. The van der Waals surface area contributed by atoms with Gasteiger partial charge in [-0.25, -0.2) is 9.37 Å². The van der Waals surface area contributed by atoms with Crippen molar-refractivity contribution >= 4 is 10.9 Å². The first-order valence-electron chi connectivity index (χ1n) is 6.55. The number of hydrogen-bond donors (Lipinski definition) is 1. The first-order valence-corrected chi connectivity index (χ1v) is 6.55. The predicted molar refractivity (Wildman–Crippen MR) is 71.8 cm³/mol. The van der Waals surface area contributed by atoms with Crippen LogP contribution >= 0.6 is 0 Å². The van der Waals surface area contributed by atoms with E-state index in [9.17, 15) is 9.18 Å². The molecule has 2 aromatic rings. The van der Waals surface area contributed by atoms with E-state index in [0.29, 0.717) is 5.39 Å². The van der Waals surface area contributed by atoms with Crippen molar-refractivity contribution in [1.29, 1.82) is 0 Å². The maximum absolute atomic E-state index is 13.7. The Bertz CT molecular complexity index is 674. The molecule has 0 aliphatic carbocycles. The highest BCUT2D eigenvalue weighted by molar-refractivity contribution is 5.81. The topological polar surface area (TPSA) is 46.9 Å². The normalized spacial score (nSPS) is 19.8. The van der Waals surface area contributed by atoms with Crippen molar-refractivity contribution in [2.24, 2.45) is 0 Å². The number of nitrogens with zero attached hydrogens (tertiary/aromatic N) is 2. The molecule has 1 aliphatic rings. The summed E-state index contributed by atoms with van der Waals surface area (Å²) in [6.45, 7) is 3.57. The number of hydrogen-bond acceptors (Lipinski definition) is 3. The highest BCUT2D eigenvalue weighted by Crippen LogP contribution is 2.19. The van der Waals surface area contributed by atoms with Crippen LogP contribution in [0, 0.1) is 12.7 Å². The minimum Gasteiger partial charge on any atom is -0.315 e. The third-order valence-corrected chi connectivity index (χ3v) is 3.76. The molecule has 1 fully saturated rings. The summed E-state index contributed by atoms with van der Waals surface area (Å²) in [7, 11) is 0. The fraction of sp³-hybridized carbons (Fsp3) is 0.429. The summed E-state index contributed by atoms with van der Waals surface area (Å²) >= 11 is 0. The van der Waals surface area contributed by atoms with Crippen LogP contribution in [-0.2, 0) is 0 Å². The standard InChI is InChI=1S/C14H16FN3O/c1-9-4-5-11(15)13-12(9)14(19)18(8-17-13)10-3-2-6-16-7-10/h4-5,8,10,16H,2-3,6-7H2,1H3. The zero-order valence-corrected chi connectivity index (χ0v) is 10.8. The van der Waals surface area contributed by atoms with Crippen LogP contribution in [-0.4, -0.2) is 22.6 Å². The Morgan fingerprint density at radius 3 is 3.05 bits per heavy atom. The van der Waals surface area contributed by atoms with Crippen LogP contribution in [0.1, 0.15) is 24.4 Å². The molecular formula is C14H16FN3O. The van der Waals surface area contributed by atoms with Gasteiger partial charge in [-0.3, -0.25) is 9.36 Å². The Labute approximate surface area is 110 Å². The third kappa shape index (κ3) is 2.04. The molecule has 4 nitrogen and oxygen atoms in total. The van der Waals surface area contributed by atoms with Gasteiger partial charge in [0.05, 0.1) is 17.8 Å². The maximum atomic E-state index is 13.7. The molecule has 0 spiro atoms. The van der Waals surface area contributed by atoms with Crippen LogP contribution in [0.3, 0.4) is 0 Å². The molecule has 0 bridgehead atoms. The first-order chi connectivity index (χ1) is 9.18. The van der Waals surface area contributed by atoms with Crippen molar-refractivity contribution in [3.63, 3.8) is 0 Å². The van der Waals surface area contributed by atoms with Gasteiger partial charge in [-0.15, -0.1) is 0 Å². The van der Waals surface area contributed by atoms with Crippen molar-refractivity contribution in [2.45, 2.75) is 25.8 Å². The van der Waals surface area contributed by atoms with Crippen LogP contribution in [0.5, 0.6) is 0 Å². The molecule has 0 amide bonds. The van der Waals surface area contributed by atoms with Gasteiger partial charge >= 0.3 is 0 Å². The van der Waals surface area contributed by atoms with E-state index in [0.717, 1.165) is 31.5 Å². The van der Waals surface area contributed by atoms with Crippen LogP contribution < -0.4 is 10.9 Å². The van der Waals surface area contributed by atoms with Gasteiger partial charge in [-0.2, -0.15) is 0 Å². The van der Waals surface area contributed by atoms with Crippen molar-refractivity contribution in [3.8, 4) is 0 Å². The van der Waals surface area contributed by atoms with Gasteiger partial charge < -0.3 is 5.32 Å². The van der Waals surface area contributed by atoms with E-state index >= 15 is 0 Å². The lowest BCUT2D eigenvalue weighted by atomic mass is 10.1. The number of nitrogens with one attached hydrogen (secondary N) is 1. The predicted octanol–water partition coefficient (Wildman–Crippen LogP) is 1.77. The lowest BCUT2D eigenvalue weighted by Crippen LogP contribution is -2.36. The van der Waals surface area contributed by atoms with E-state index in [1.807, 2.05) is 6.92 Å². The van der Waals surface area contributed by atoms with E-state index in [2.05, 4.69) is 10.3 Å². The number of rotatable bonds is 1. The van der Waals surface area contributed by atoms with Gasteiger partial charge in [-0.05, 0) is 37.9 Å². The molecule has 0 radical (unpaired) electrons. The first kappa shape index (κ1) is 12.3. The van der Waals surface area contributed by atoms with Crippen molar-refractivity contribution < 1.29 is 4.39 Å². The van der Waals surface area contributed by atoms with E-state index in [4.69, 9.17) is 0 Å². The van der Waals surface area contributed by atoms with Crippen molar-refractivity contribution in [2.75, 3.05) is 13.1 Å². The van der Waals surface area contributed by atoms with Gasteiger partial charge in [0.2, 0.25) is 0 Å². The minimum absolute atomic E-state index is 0.112. The highest BCUT2D eigenvalue weighted by atomic mass is 19.1. The highest BCUT2D eigenvalue weighted by Gasteiger charge is 2.18. The smallest absolute Gasteiger partial charge is 0.261 e. The summed E-state index contributed by atoms with van der Waals surface area (Å²) < 4.78 is 15.3. The summed E-state index contributed by atoms with van der Waals surface area (Å²) in [5.41, 5.74) is 0.799. The lowest BCUT2D eigenvalue weighted by Gasteiger charge is -2.24. The molecule has 1 aromatic carbocycles. The summed E-state index contributed by atoms with van der Waals surface area (Å²) in [6.07, 6.45) is 3.47. The number of halogens is 1. The second-order valence-electron chi connectivity index (χ2n) is 5.05. The summed E-state index contributed by atoms with van der Waals surface area (Å²) in [5, 5.41) is 3.67. The number of benzene rings is 1. The summed E-state index contributed by atoms with van der Waals surface area (Å²) in [4.78, 5) is 16.7. The Morgan fingerprint density at radius 1 is 1.47 bits per heavy atom. The number of piperidine rings is 1. The van der Waals surface area contributed by atoms with Gasteiger partial charge in [0.25, 0.3) is 5.56 Å². The molecule has 2 heterocycles. The number of fused-ring (bicyclic) bond motifs is 1. The third-order valence-electron chi connectivity index (χ3n) is 3.76. The van der Waals surface area contributed by atoms with Crippen molar-refractivity contribution in [1.82, 2.24) is 14.9 Å². The van der Waals surface area contributed by atoms with E-state index < -0.39 is 5.82 Å². The molecule has 100 valence electrons. The van der Waals surface area contributed by atoms with Gasteiger partial charge in [-0.1, -0.05) is 6.07 Å². The molecule has 1 saturated heterocycles. The second kappa shape index (κ2) is 4.74. The maximum Gasteiger partial charge on any atom is 0.261 e. The molecule has 1 atom stereocenters. The molecular weight excluding hydrogens is 245 g/mol. The number of aromatic nitrogens is 2. The zero-order chi connectivity index (χ0) is 13.4. The van der Waals surface area contributed by atoms with Crippen LogP contribution in [0.25, 0.3) is 10.9 Å². The minimum atomic E-state index is -0.438. The fourth-order valence-electron chi connectivity index (χ4n) is 2.70. The Balaban J connectivity index is 2.20. The lowest BCUT2D eigenvalue weighted by molar-refractivity contribution is 0.362. The van der Waals surface area contributed by atoms with Gasteiger partial charge in [0.1, 0.15) is 11.3 Å². The molecule has 5 heteroatoms. The molecule has 1 aliphatic heterocycles. The molecule has 19 heavy (non-hydrogen) atoms. The molecule has 3 rings (SSSR count). The largest absolute Gasteiger partial charge is 0.315 e. The zero-order valence-electron chi connectivity index (χ0n) is 10.8. The summed E-state index contributed by atoms with van der Waals surface area (Å²) in [5.74, 6) is -0.438. The molecule has 0 saturated carbocycles. The van der Waals surface area contributed by atoms with Crippen LogP contribution in [0.4, 0.5) is 4.39 Å². The Morgan fingerprint density at radius 2 is 2.32 bits per heavy atom. The monoisotopic (exact) mass is 261 g/mol.